The van der Waals surface area contributed by atoms with Crippen molar-refractivity contribution in [3.05, 3.63) is 34.7 Å². The standard InChI is InChI=1S/C15H13N3O2S/c1-2-6-20-10-5-3-4-9(7-10)11-8-12(19)17-14-13(11)21-15(16)18-14/h1,3-5,7,11H,6,8H2,(H2,16,18)(H,17,19)/t11-/m0/s1. The number of ether oxygens (including phenoxy) is 1. The number of thiazole rings is 1. The molecule has 106 valence electrons. The molecule has 0 saturated carbocycles. The first-order valence-corrected chi connectivity index (χ1v) is 7.21. The molecule has 0 unspecified atom stereocenters. The first kappa shape index (κ1) is 13.5. The fourth-order valence-corrected chi connectivity index (χ4v) is 3.27. The summed E-state index contributed by atoms with van der Waals surface area (Å²) in [6.45, 7) is 0.216. The summed E-state index contributed by atoms with van der Waals surface area (Å²) in [5, 5.41) is 3.20. The third-order valence-corrected chi connectivity index (χ3v) is 4.21. The topological polar surface area (TPSA) is 77.2 Å². The number of terminal acetylenes is 1. The molecule has 1 amide bonds. The summed E-state index contributed by atoms with van der Waals surface area (Å²) in [5.74, 6) is 3.56. The number of fused-ring (bicyclic) bond motifs is 1. The molecule has 1 aliphatic rings. The van der Waals surface area contributed by atoms with Crippen LogP contribution in [0.1, 0.15) is 22.8 Å². The first-order valence-electron chi connectivity index (χ1n) is 6.39. The van der Waals surface area contributed by atoms with Crippen LogP contribution in [-0.2, 0) is 4.79 Å². The van der Waals surface area contributed by atoms with E-state index < -0.39 is 0 Å². The Labute approximate surface area is 126 Å². The van der Waals surface area contributed by atoms with Crippen molar-refractivity contribution in [2.75, 3.05) is 17.7 Å². The highest BCUT2D eigenvalue weighted by atomic mass is 32.1. The van der Waals surface area contributed by atoms with Gasteiger partial charge in [-0.3, -0.25) is 4.79 Å². The number of nitrogens with one attached hydrogen (secondary N) is 1. The predicted octanol–water partition coefficient (Wildman–Crippen LogP) is 2.21. The summed E-state index contributed by atoms with van der Waals surface area (Å²) in [6, 6.07) is 7.59. The summed E-state index contributed by atoms with van der Waals surface area (Å²) < 4.78 is 5.43. The van der Waals surface area contributed by atoms with Crippen LogP contribution in [0.3, 0.4) is 0 Å². The van der Waals surface area contributed by atoms with Gasteiger partial charge in [0.15, 0.2) is 5.13 Å². The van der Waals surface area contributed by atoms with Gasteiger partial charge in [0.2, 0.25) is 5.91 Å². The van der Waals surface area contributed by atoms with Crippen molar-refractivity contribution in [1.29, 1.82) is 0 Å². The Bertz CT molecular complexity index is 733. The molecule has 2 aromatic rings. The fourth-order valence-electron chi connectivity index (χ4n) is 2.35. The Balaban J connectivity index is 1.96. The minimum Gasteiger partial charge on any atom is -0.481 e. The quantitative estimate of drug-likeness (QED) is 0.852. The van der Waals surface area contributed by atoms with E-state index in [2.05, 4.69) is 16.2 Å². The molecular weight excluding hydrogens is 286 g/mol. The van der Waals surface area contributed by atoms with E-state index in [-0.39, 0.29) is 18.4 Å². The summed E-state index contributed by atoms with van der Waals surface area (Å²) in [7, 11) is 0. The zero-order chi connectivity index (χ0) is 14.8. The van der Waals surface area contributed by atoms with E-state index in [0.717, 1.165) is 10.4 Å². The molecule has 0 fully saturated rings. The molecule has 0 aliphatic carbocycles. The lowest BCUT2D eigenvalue weighted by atomic mass is 9.91. The second kappa shape index (κ2) is 5.46. The number of carbonyl (C=O) groups is 1. The van der Waals surface area contributed by atoms with Crippen LogP contribution < -0.4 is 15.8 Å². The third-order valence-electron chi connectivity index (χ3n) is 3.22. The van der Waals surface area contributed by atoms with Gasteiger partial charge in [0, 0.05) is 12.3 Å². The van der Waals surface area contributed by atoms with Gasteiger partial charge in [0.1, 0.15) is 18.2 Å². The number of nitrogens with zero attached hydrogens (tertiary/aromatic N) is 1. The first-order chi connectivity index (χ1) is 10.2. The molecule has 5 nitrogen and oxygen atoms in total. The van der Waals surface area contributed by atoms with Crippen molar-refractivity contribution in [1.82, 2.24) is 4.98 Å². The van der Waals surface area contributed by atoms with Gasteiger partial charge >= 0.3 is 0 Å². The number of nitrogen functional groups attached to an aromatic ring is 1. The number of amides is 1. The molecule has 6 heteroatoms. The number of anilines is 2. The van der Waals surface area contributed by atoms with E-state index in [0.29, 0.717) is 23.1 Å². The number of hydrogen-bond acceptors (Lipinski definition) is 5. The Kier molecular flexibility index (Phi) is 3.50. The molecule has 1 aliphatic heterocycles. The fraction of sp³-hybridized carbons (Fsp3) is 0.200. The lowest BCUT2D eigenvalue weighted by molar-refractivity contribution is -0.116. The number of nitrogens with two attached hydrogens (primary N) is 1. The van der Waals surface area contributed by atoms with Gasteiger partial charge in [-0.2, -0.15) is 0 Å². The molecule has 3 rings (SSSR count). The van der Waals surface area contributed by atoms with Crippen molar-refractivity contribution < 1.29 is 9.53 Å². The SMILES string of the molecule is C#CCOc1cccc([C@@H]2CC(=O)Nc3nc(N)sc32)c1. The minimum atomic E-state index is -0.0623. The van der Waals surface area contributed by atoms with Gasteiger partial charge in [-0.15, -0.1) is 6.42 Å². The minimum absolute atomic E-state index is 0.0575. The maximum atomic E-state index is 11.8. The van der Waals surface area contributed by atoms with E-state index in [4.69, 9.17) is 16.9 Å². The Morgan fingerprint density at radius 3 is 3.24 bits per heavy atom. The molecule has 1 aromatic carbocycles. The normalized spacial score (nSPS) is 16.7. The molecule has 2 heterocycles. The van der Waals surface area contributed by atoms with E-state index >= 15 is 0 Å². The number of hydrogen-bond donors (Lipinski definition) is 2. The van der Waals surface area contributed by atoms with Crippen molar-refractivity contribution >= 4 is 28.2 Å². The molecule has 0 spiro atoms. The number of benzene rings is 1. The van der Waals surface area contributed by atoms with Crippen molar-refractivity contribution in [3.8, 4) is 18.1 Å². The summed E-state index contributed by atoms with van der Waals surface area (Å²) in [5.41, 5.74) is 6.74. The largest absolute Gasteiger partial charge is 0.481 e. The zero-order valence-electron chi connectivity index (χ0n) is 11.1. The van der Waals surface area contributed by atoms with Crippen molar-refractivity contribution in [2.45, 2.75) is 12.3 Å². The molecule has 0 bridgehead atoms. The molecule has 0 radical (unpaired) electrons. The average Bonchev–Trinajstić information content (AvgIpc) is 2.84. The number of aromatic nitrogens is 1. The van der Waals surface area contributed by atoms with Crippen molar-refractivity contribution in [3.63, 3.8) is 0 Å². The van der Waals surface area contributed by atoms with Crippen LogP contribution in [0.5, 0.6) is 5.75 Å². The average molecular weight is 299 g/mol. The van der Waals surface area contributed by atoms with Crippen LogP contribution >= 0.6 is 11.3 Å². The second-order valence-electron chi connectivity index (χ2n) is 4.64. The maximum absolute atomic E-state index is 11.8. The Hall–Kier alpha value is -2.52. The van der Waals surface area contributed by atoms with Gasteiger partial charge in [-0.05, 0) is 17.7 Å². The van der Waals surface area contributed by atoms with Gasteiger partial charge in [0.05, 0.1) is 4.88 Å². The van der Waals surface area contributed by atoms with E-state index in [9.17, 15) is 4.79 Å². The smallest absolute Gasteiger partial charge is 0.226 e. The van der Waals surface area contributed by atoms with E-state index in [1.807, 2.05) is 24.3 Å². The molecule has 21 heavy (non-hydrogen) atoms. The van der Waals surface area contributed by atoms with Gasteiger partial charge in [-0.1, -0.05) is 29.4 Å². The predicted molar refractivity (Wildman–Crippen MR) is 82.4 cm³/mol. The van der Waals surface area contributed by atoms with E-state index in [1.165, 1.54) is 11.3 Å². The molecule has 1 atom stereocenters. The highest BCUT2D eigenvalue weighted by Crippen LogP contribution is 2.41. The van der Waals surface area contributed by atoms with Gasteiger partial charge in [0.25, 0.3) is 0 Å². The summed E-state index contributed by atoms with van der Waals surface area (Å²) in [6.07, 6.45) is 5.56. The highest BCUT2D eigenvalue weighted by Gasteiger charge is 2.30. The number of rotatable bonds is 3. The summed E-state index contributed by atoms with van der Waals surface area (Å²) in [4.78, 5) is 17.0. The van der Waals surface area contributed by atoms with Crippen LogP contribution in [-0.4, -0.2) is 17.5 Å². The molecular formula is C15H13N3O2S. The lowest BCUT2D eigenvalue weighted by Gasteiger charge is -2.22. The van der Waals surface area contributed by atoms with Crippen LogP contribution in [0, 0.1) is 12.3 Å². The molecule has 3 N–H and O–H groups in total. The van der Waals surface area contributed by atoms with Gasteiger partial charge in [-0.25, -0.2) is 4.98 Å². The maximum Gasteiger partial charge on any atom is 0.226 e. The Morgan fingerprint density at radius 2 is 2.43 bits per heavy atom. The monoisotopic (exact) mass is 299 g/mol. The Morgan fingerprint density at radius 1 is 1.57 bits per heavy atom. The molecule has 0 saturated heterocycles. The third kappa shape index (κ3) is 2.69. The second-order valence-corrected chi connectivity index (χ2v) is 5.70. The van der Waals surface area contributed by atoms with Crippen LogP contribution in [0.25, 0.3) is 0 Å². The van der Waals surface area contributed by atoms with Crippen molar-refractivity contribution in [2.24, 2.45) is 0 Å². The highest BCUT2D eigenvalue weighted by molar-refractivity contribution is 7.16. The lowest BCUT2D eigenvalue weighted by Crippen LogP contribution is -2.22. The number of carbonyl (C=O) groups excluding carboxylic acids is 1. The zero-order valence-corrected chi connectivity index (χ0v) is 11.9. The molecule has 1 aromatic heterocycles. The van der Waals surface area contributed by atoms with E-state index in [1.54, 1.807) is 0 Å². The van der Waals surface area contributed by atoms with Crippen LogP contribution in [0.2, 0.25) is 0 Å². The van der Waals surface area contributed by atoms with Crippen LogP contribution in [0.15, 0.2) is 24.3 Å². The summed E-state index contributed by atoms with van der Waals surface area (Å²) >= 11 is 1.40. The van der Waals surface area contributed by atoms with Crippen LogP contribution in [0.4, 0.5) is 10.9 Å². The van der Waals surface area contributed by atoms with Gasteiger partial charge < -0.3 is 15.8 Å².